The van der Waals surface area contributed by atoms with Gasteiger partial charge < -0.3 is 9.47 Å². The second kappa shape index (κ2) is 8.51. The second-order valence-electron chi connectivity index (χ2n) is 6.77. The minimum Gasteiger partial charge on any atom is -0.496 e. The van der Waals surface area contributed by atoms with Crippen LogP contribution in [0.25, 0.3) is 12.2 Å². The van der Waals surface area contributed by atoms with Gasteiger partial charge in [-0.3, -0.25) is 0 Å². The summed E-state index contributed by atoms with van der Waals surface area (Å²) >= 11 is 0. The van der Waals surface area contributed by atoms with E-state index in [-0.39, 0.29) is 5.56 Å². The minimum atomic E-state index is -1.47. The van der Waals surface area contributed by atoms with E-state index >= 15 is 0 Å². The van der Waals surface area contributed by atoms with Gasteiger partial charge in [0.05, 0.1) is 14.2 Å². The third-order valence-corrected chi connectivity index (χ3v) is 5.10. The van der Waals surface area contributed by atoms with Gasteiger partial charge >= 0.3 is 0 Å². The van der Waals surface area contributed by atoms with Crippen molar-refractivity contribution in [1.82, 2.24) is 0 Å². The molecule has 0 spiro atoms. The van der Waals surface area contributed by atoms with Crippen molar-refractivity contribution in [1.29, 1.82) is 0 Å². The van der Waals surface area contributed by atoms with E-state index in [1.54, 1.807) is 20.3 Å². The van der Waals surface area contributed by atoms with Crippen molar-refractivity contribution in [3.8, 4) is 11.5 Å². The summed E-state index contributed by atoms with van der Waals surface area (Å²) in [6, 6.07) is 5.84. The predicted octanol–water partition coefficient (Wildman–Crippen LogP) is 6.34. The molecule has 2 aromatic rings. The van der Waals surface area contributed by atoms with Gasteiger partial charge in [0.25, 0.3) is 0 Å². The minimum absolute atomic E-state index is 0.0248. The van der Waals surface area contributed by atoms with Gasteiger partial charge in [-0.25, -0.2) is 13.2 Å². The maximum Gasteiger partial charge on any atom is 0.195 e. The van der Waals surface area contributed by atoms with Crippen LogP contribution in [0.3, 0.4) is 0 Å². The van der Waals surface area contributed by atoms with Gasteiger partial charge in [-0.2, -0.15) is 0 Å². The summed E-state index contributed by atoms with van der Waals surface area (Å²) < 4.78 is 51.5. The average Bonchev–Trinajstić information content (AvgIpc) is 2.71. The lowest BCUT2D eigenvalue weighted by Gasteiger charge is -2.26. The Bertz CT molecular complexity index is 815. The molecule has 0 heterocycles. The summed E-state index contributed by atoms with van der Waals surface area (Å²) in [6.07, 6.45) is 8.87. The van der Waals surface area contributed by atoms with E-state index in [4.69, 9.17) is 9.47 Å². The van der Waals surface area contributed by atoms with Crippen molar-refractivity contribution in [3.05, 3.63) is 58.4 Å². The Morgan fingerprint density at radius 1 is 0.852 bits per heavy atom. The predicted molar refractivity (Wildman–Crippen MR) is 101 cm³/mol. The summed E-state index contributed by atoms with van der Waals surface area (Å²) in [5, 5.41) is 0. The maximum atomic E-state index is 13.8. The van der Waals surface area contributed by atoms with E-state index in [1.807, 2.05) is 12.1 Å². The summed E-state index contributed by atoms with van der Waals surface area (Å²) in [7, 11) is 3.23. The normalized spacial score (nSPS) is 15.3. The van der Waals surface area contributed by atoms with Gasteiger partial charge in [0.2, 0.25) is 0 Å². The van der Waals surface area contributed by atoms with Crippen molar-refractivity contribution in [2.45, 2.75) is 38.0 Å². The Balaban J connectivity index is 1.96. The molecule has 0 amide bonds. The molecule has 0 atom stereocenters. The maximum absolute atomic E-state index is 13.8. The summed E-state index contributed by atoms with van der Waals surface area (Å²) in [6.45, 7) is 0. The van der Waals surface area contributed by atoms with Crippen LogP contribution in [0.15, 0.2) is 24.3 Å². The Labute approximate surface area is 157 Å². The molecule has 1 aliphatic carbocycles. The van der Waals surface area contributed by atoms with E-state index in [2.05, 4.69) is 0 Å². The largest absolute Gasteiger partial charge is 0.496 e. The highest BCUT2D eigenvalue weighted by molar-refractivity contribution is 5.72. The zero-order valence-corrected chi connectivity index (χ0v) is 15.5. The molecule has 1 saturated carbocycles. The number of benzene rings is 2. The van der Waals surface area contributed by atoms with Crippen molar-refractivity contribution in [3.63, 3.8) is 0 Å². The fourth-order valence-corrected chi connectivity index (χ4v) is 3.70. The number of hydrogen-bond acceptors (Lipinski definition) is 2. The molecule has 0 unspecified atom stereocenters. The SMILES string of the molecule is COc1cc(/C=C/c2ccc(F)c(F)c2F)cc(OC)c1C1CCCCC1. The number of halogens is 3. The number of ether oxygens (including phenoxy) is 2. The number of hydrogen-bond donors (Lipinski definition) is 0. The molecule has 1 fully saturated rings. The molecule has 144 valence electrons. The lowest BCUT2D eigenvalue weighted by molar-refractivity contribution is 0.359. The zero-order chi connectivity index (χ0) is 19.4. The van der Waals surface area contributed by atoms with Crippen LogP contribution in [0.2, 0.25) is 0 Å². The van der Waals surface area contributed by atoms with Gasteiger partial charge in [0.15, 0.2) is 17.5 Å². The van der Waals surface area contributed by atoms with Crippen LogP contribution in [0, 0.1) is 17.5 Å². The zero-order valence-electron chi connectivity index (χ0n) is 15.5. The van der Waals surface area contributed by atoms with Gasteiger partial charge in [-0.05, 0) is 48.6 Å². The molecule has 3 rings (SSSR count). The number of rotatable bonds is 5. The van der Waals surface area contributed by atoms with Crippen LogP contribution >= 0.6 is 0 Å². The van der Waals surface area contributed by atoms with Gasteiger partial charge in [0.1, 0.15) is 11.5 Å². The van der Waals surface area contributed by atoms with E-state index in [9.17, 15) is 13.2 Å². The Kier molecular flexibility index (Phi) is 6.09. The van der Waals surface area contributed by atoms with Crippen LogP contribution in [0.1, 0.15) is 54.7 Å². The van der Waals surface area contributed by atoms with Crippen LogP contribution < -0.4 is 9.47 Å². The Morgan fingerprint density at radius 3 is 2.07 bits per heavy atom. The highest BCUT2D eigenvalue weighted by Crippen LogP contribution is 2.43. The van der Waals surface area contributed by atoms with Crippen LogP contribution in [-0.4, -0.2) is 14.2 Å². The van der Waals surface area contributed by atoms with Crippen molar-refractivity contribution < 1.29 is 22.6 Å². The van der Waals surface area contributed by atoms with E-state index in [1.165, 1.54) is 31.4 Å². The van der Waals surface area contributed by atoms with Gasteiger partial charge in [-0.1, -0.05) is 31.4 Å². The first-order valence-corrected chi connectivity index (χ1v) is 9.12. The fraction of sp³-hybridized carbons (Fsp3) is 0.364. The Hall–Kier alpha value is -2.43. The molecule has 2 aromatic carbocycles. The topological polar surface area (TPSA) is 18.5 Å². The molecular weight excluding hydrogens is 353 g/mol. The molecule has 0 radical (unpaired) electrons. The van der Waals surface area contributed by atoms with E-state index < -0.39 is 17.5 Å². The molecule has 0 aliphatic heterocycles. The Morgan fingerprint density at radius 2 is 1.48 bits per heavy atom. The average molecular weight is 376 g/mol. The molecule has 0 saturated heterocycles. The lowest BCUT2D eigenvalue weighted by atomic mass is 9.82. The summed E-state index contributed by atoms with van der Waals surface area (Å²) in [5.74, 6) is -2.03. The van der Waals surface area contributed by atoms with E-state index in [0.29, 0.717) is 5.92 Å². The smallest absolute Gasteiger partial charge is 0.195 e. The molecule has 5 heteroatoms. The van der Waals surface area contributed by atoms with Crippen molar-refractivity contribution in [2.24, 2.45) is 0 Å². The molecule has 27 heavy (non-hydrogen) atoms. The van der Waals surface area contributed by atoms with Gasteiger partial charge in [-0.15, -0.1) is 0 Å². The van der Waals surface area contributed by atoms with E-state index in [0.717, 1.165) is 41.5 Å². The highest BCUT2D eigenvalue weighted by atomic mass is 19.2. The standard InChI is InChI=1S/C22H23F3O2/c1-26-18-12-14(8-9-16-10-11-17(23)22(25)21(16)24)13-19(27-2)20(18)15-6-4-3-5-7-15/h8-13,15H,3-7H2,1-2H3/b9-8+. The third-order valence-electron chi connectivity index (χ3n) is 5.10. The summed E-state index contributed by atoms with van der Waals surface area (Å²) in [5.41, 5.74) is 1.77. The first-order valence-electron chi connectivity index (χ1n) is 9.12. The molecule has 1 aliphatic rings. The molecule has 0 bridgehead atoms. The monoisotopic (exact) mass is 376 g/mol. The number of methoxy groups -OCH3 is 2. The molecule has 2 nitrogen and oxygen atoms in total. The fourth-order valence-electron chi connectivity index (χ4n) is 3.70. The molecule has 0 N–H and O–H groups in total. The summed E-state index contributed by atoms with van der Waals surface area (Å²) in [4.78, 5) is 0. The first-order chi connectivity index (χ1) is 13.0. The quantitative estimate of drug-likeness (QED) is 0.448. The van der Waals surface area contributed by atoms with Crippen molar-refractivity contribution >= 4 is 12.2 Å². The van der Waals surface area contributed by atoms with Crippen molar-refractivity contribution in [2.75, 3.05) is 14.2 Å². The molecular formula is C22H23F3O2. The van der Waals surface area contributed by atoms with Crippen LogP contribution in [0.5, 0.6) is 11.5 Å². The lowest BCUT2D eigenvalue weighted by Crippen LogP contribution is -2.08. The van der Waals surface area contributed by atoms with Gasteiger partial charge in [0, 0.05) is 11.1 Å². The van der Waals surface area contributed by atoms with Crippen LogP contribution in [-0.2, 0) is 0 Å². The third kappa shape index (κ3) is 4.12. The second-order valence-corrected chi connectivity index (χ2v) is 6.77. The first kappa shape index (κ1) is 19.3. The van der Waals surface area contributed by atoms with Crippen LogP contribution in [0.4, 0.5) is 13.2 Å². The molecule has 0 aromatic heterocycles. The highest BCUT2D eigenvalue weighted by Gasteiger charge is 2.23.